The van der Waals surface area contributed by atoms with Gasteiger partial charge in [-0.15, -0.1) is 0 Å². The SMILES string of the molecule is COc1cc(CCNC(=O)[C@H](CCc2ccccc2)OC(C)C)ccc1OC(C)C. The van der Waals surface area contributed by atoms with E-state index in [2.05, 4.69) is 17.4 Å². The number of carbonyl (C=O) groups excluding carboxylic acids is 1. The van der Waals surface area contributed by atoms with Crippen LogP contribution < -0.4 is 14.8 Å². The Bertz CT molecular complexity index is 774. The average molecular weight is 414 g/mol. The van der Waals surface area contributed by atoms with Crippen LogP contribution in [0, 0.1) is 0 Å². The average Bonchev–Trinajstić information content (AvgIpc) is 2.72. The first-order valence-corrected chi connectivity index (χ1v) is 10.7. The van der Waals surface area contributed by atoms with Gasteiger partial charge in [-0.05, 0) is 70.2 Å². The number of nitrogens with one attached hydrogen (secondary N) is 1. The number of methoxy groups -OCH3 is 1. The number of benzene rings is 2. The Morgan fingerprint density at radius 2 is 1.63 bits per heavy atom. The zero-order valence-corrected chi connectivity index (χ0v) is 18.8. The number of carbonyl (C=O) groups is 1. The zero-order chi connectivity index (χ0) is 21.9. The summed E-state index contributed by atoms with van der Waals surface area (Å²) in [7, 11) is 1.63. The summed E-state index contributed by atoms with van der Waals surface area (Å²) in [6.45, 7) is 8.41. The van der Waals surface area contributed by atoms with E-state index in [9.17, 15) is 4.79 Å². The molecule has 5 nitrogen and oxygen atoms in total. The maximum absolute atomic E-state index is 12.7. The summed E-state index contributed by atoms with van der Waals surface area (Å²) in [4.78, 5) is 12.7. The minimum atomic E-state index is -0.457. The van der Waals surface area contributed by atoms with Gasteiger partial charge < -0.3 is 19.5 Å². The van der Waals surface area contributed by atoms with Crippen LogP contribution in [0.3, 0.4) is 0 Å². The van der Waals surface area contributed by atoms with Gasteiger partial charge in [0.25, 0.3) is 0 Å². The van der Waals surface area contributed by atoms with Crippen LogP contribution in [-0.2, 0) is 22.4 Å². The fourth-order valence-corrected chi connectivity index (χ4v) is 3.19. The third-order valence-corrected chi connectivity index (χ3v) is 4.57. The summed E-state index contributed by atoms with van der Waals surface area (Å²) in [6, 6.07) is 16.0. The van der Waals surface area contributed by atoms with Crippen LogP contribution in [0.2, 0.25) is 0 Å². The van der Waals surface area contributed by atoms with Gasteiger partial charge in [-0.3, -0.25) is 4.79 Å². The number of hydrogen-bond acceptors (Lipinski definition) is 4. The molecule has 2 aromatic rings. The first-order chi connectivity index (χ1) is 14.4. The zero-order valence-electron chi connectivity index (χ0n) is 18.8. The molecule has 2 aromatic carbocycles. The third kappa shape index (κ3) is 8.07. The first-order valence-electron chi connectivity index (χ1n) is 10.7. The van der Waals surface area contributed by atoms with Crippen LogP contribution in [0.25, 0.3) is 0 Å². The second-order valence-corrected chi connectivity index (χ2v) is 7.89. The van der Waals surface area contributed by atoms with E-state index in [0.29, 0.717) is 25.1 Å². The Labute approximate surface area is 180 Å². The summed E-state index contributed by atoms with van der Waals surface area (Å²) in [6.07, 6.45) is 1.79. The number of amides is 1. The van der Waals surface area contributed by atoms with Crippen LogP contribution in [-0.4, -0.2) is 37.9 Å². The monoisotopic (exact) mass is 413 g/mol. The number of rotatable bonds is 12. The highest BCUT2D eigenvalue weighted by atomic mass is 16.5. The smallest absolute Gasteiger partial charge is 0.249 e. The summed E-state index contributed by atoms with van der Waals surface area (Å²) >= 11 is 0. The molecule has 164 valence electrons. The second-order valence-electron chi connectivity index (χ2n) is 7.89. The summed E-state index contributed by atoms with van der Waals surface area (Å²) < 4.78 is 17.1. The van der Waals surface area contributed by atoms with Crippen molar-refractivity contribution in [2.75, 3.05) is 13.7 Å². The minimum absolute atomic E-state index is 0.00529. The van der Waals surface area contributed by atoms with Crippen molar-refractivity contribution in [3.63, 3.8) is 0 Å². The van der Waals surface area contributed by atoms with Crippen molar-refractivity contribution in [2.45, 2.75) is 65.3 Å². The van der Waals surface area contributed by atoms with Crippen molar-refractivity contribution in [1.82, 2.24) is 5.32 Å². The molecule has 0 heterocycles. The molecule has 1 N–H and O–H groups in total. The maximum atomic E-state index is 12.7. The van der Waals surface area contributed by atoms with Gasteiger partial charge in [0.05, 0.1) is 19.3 Å². The third-order valence-electron chi connectivity index (χ3n) is 4.57. The highest BCUT2D eigenvalue weighted by Crippen LogP contribution is 2.29. The molecule has 5 heteroatoms. The lowest BCUT2D eigenvalue weighted by atomic mass is 10.1. The molecule has 0 aliphatic carbocycles. The van der Waals surface area contributed by atoms with Gasteiger partial charge in [-0.1, -0.05) is 36.4 Å². The molecule has 0 saturated carbocycles. The lowest BCUT2D eigenvalue weighted by Crippen LogP contribution is -2.39. The lowest BCUT2D eigenvalue weighted by Gasteiger charge is -2.20. The quantitative estimate of drug-likeness (QED) is 0.554. The van der Waals surface area contributed by atoms with E-state index in [4.69, 9.17) is 14.2 Å². The summed E-state index contributed by atoms with van der Waals surface area (Å²) in [5.41, 5.74) is 2.28. The van der Waals surface area contributed by atoms with Crippen LogP contribution in [0.4, 0.5) is 0 Å². The van der Waals surface area contributed by atoms with Crippen molar-refractivity contribution in [2.24, 2.45) is 0 Å². The molecule has 30 heavy (non-hydrogen) atoms. The highest BCUT2D eigenvalue weighted by Gasteiger charge is 2.20. The van der Waals surface area contributed by atoms with Crippen molar-refractivity contribution in [3.05, 3.63) is 59.7 Å². The van der Waals surface area contributed by atoms with Crippen LogP contribution in [0.15, 0.2) is 48.5 Å². The van der Waals surface area contributed by atoms with Crippen molar-refractivity contribution >= 4 is 5.91 Å². The molecule has 0 unspecified atom stereocenters. The molecule has 0 aliphatic rings. The van der Waals surface area contributed by atoms with E-state index >= 15 is 0 Å². The molecule has 0 spiro atoms. The number of ether oxygens (including phenoxy) is 3. The van der Waals surface area contributed by atoms with Gasteiger partial charge in [-0.25, -0.2) is 0 Å². The fraction of sp³-hybridized carbons (Fsp3) is 0.480. The standard InChI is InChI=1S/C25H35NO4/c1-18(2)29-22-13-12-21(17-24(22)28-5)15-16-26-25(27)23(30-19(3)4)14-11-20-9-7-6-8-10-20/h6-10,12-13,17-19,23H,11,14-16H2,1-5H3,(H,26,27)/t23-/m0/s1. The molecule has 0 bridgehead atoms. The molecular weight excluding hydrogens is 378 g/mol. The molecule has 0 radical (unpaired) electrons. The Balaban J connectivity index is 1.89. The minimum Gasteiger partial charge on any atom is -0.493 e. The Kier molecular flexibility index (Phi) is 9.68. The van der Waals surface area contributed by atoms with Gasteiger partial charge in [-0.2, -0.15) is 0 Å². The van der Waals surface area contributed by atoms with Crippen molar-refractivity contribution < 1.29 is 19.0 Å². The van der Waals surface area contributed by atoms with E-state index in [1.165, 1.54) is 5.56 Å². The molecule has 0 aliphatic heterocycles. The second kappa shape index (κ2) is 12.2. The predicted octanol–water partition coefficient (Wildman–Crippen LogP) is 4.57. The van der Waals surface area contributed by atoms with Gasteiger partial charge in [0.2, 0.25) is 5.91 Å². The Morgan fingerprint density at radius 3 is 2.27 bits per heavy atom. The largest absolute Gasteiger partial charge is 0.493 e. The number of aryl methyl sites for hydroxylation is 1. The van der Waals surface area contributed by atoms with Crippen LogP contribution in [0.1, 0.15) is 45.2 Å². The maximum Gasteiger partial charge on any atom is 0.249 e. The number of hydrogen-bond donors (Lipinski definition) is 1. The van der Waals surface area contributed by atoms with E-state index in [0.717, 1.165) is 17.7 Å². The van der Waals surface area contributed by atoms with E-state index in [1.807, 2.05) is 64.1 Å². The summed E-state index contributed by atoms with van der Waals surface area (Å²) in [5, 5.41) is 3.02. The molecule has 0 fully saturated rings. The van der Waals surface area contributed by atoms with Gasteiger partial charge in [0.1, 0.15) is 6.10 Å². The molecule has 0 aromatic heterocycles. The molecule has 2 rings (SSSR count). The van der Waals surface area contributed by atoms with E-state index in [1.54, 1.807) is 7.11 Å². The van der Waals surface area contributed by atoms with Crippen molar-refractivity contribution in [1.29, 1.82) is 0 Å². The first kappa shape index (κ1) is 23.7. The molecule has 1 amide bonds. The van der Waals surface area contributed by atoms with E-state index < -0.39 is 6.10 Å². The molecule has 1 atom stereocenters. The van der Waals surface area contributed by atoms with Crippen LogP contribution >= 0.6 is 0 Å². The van der Waals surface area contributed by atoms with Crippen LogP contribution in [0.5, 0.6) is 11.5 Å². The molecular formula is C25H35NO4. The van der Waals surface area contributed by atoms with Crippen molar-refractivity contribution in [3.8, 4) is 11.5 Å². The predicted molar refractivity (Wildman–Crippen MR) is 120 cm³/mol. The van der Waals surface area contributed by atoms with E-state index in [-0.39, 0.29) is 18.1 Å². The fourth-order valence-electron chi connectivity index (χ4n) is 3.19. The van der Waals surface area contributed by atoms with Gasteiger partial charge in [0.15, 0.2) is 11.5 Å². The Morgan fingerprint density at radius 1 is 0.900 bits per heavy atom. The highest BCUT2D eigenvalue weighted by molar-refractivity contribution is 5.80. The summed E-state index contributed by atoms with van der Waals surface area (Å²) in [5.74, 6) is 1.37. The Hall–Kier alpha value is -2.53. The van der Waals surface area contributed by atoms with Gasteiger partial charge in [0, 0.05) is 6.54 Å². The topological polar surface area (TPSA) is 56.8 Å². The lowest BCUT2D eigenvalue weighted by molar-refractivity contribution is -0.136. The molecule has 0 saturated heterocycles. The normalized spacial score (nSPS) is 12.1. The van der Waals surface area contributed by atoms with Gasteiger partial charge >= 0.3 is 0 Å².